The summed E-state index contributed by atoms with van der Waals surface area (Å²) in [6.45, 7) is -0.149. The van der Waals surface area contributed by atoms with Crippen LogP contribution >= 0.6 is 0 Å². The number of benzene rings is 3. The number of halogens is 3. The highest BCUT2D eigenvalue weighted by Gasteiger charge is 2.32. The molecule has 0 bridgehead atoms. The molecule has 0 unspecified atom stereocenters. The number of carbonyl (C=O) groups excluding carboxylic acids is 1. The van der Waals surface area contributed by atoms with Gasteiger partial charge in [-0.15, -0.1) is 13.2 Å². The number of methoxy groups -OCH3 is 1. The lowest BCUT2D eigenvalue weighted by molar-refractivity contribution is -0.275. The van der Waals surface area contributed by atoms with E-state index in [-0.39, 0.29) is 22.6 Å². The first kappa shape index (κ1) is 24.9. The third-order valence-electron chi connectivity index (χ3n) is 4.71. The highest BCUT2D eigenvalue weighted by Crippen LogP contribution is 2.27. The molecule has 0 radical (unpaired) electrons. The molecule has 0 aliphatic rings. The zero-order valence-corrected chi connectivity index (χ0v) is 19.0. The van der Waals surface area contributed by atoms with E-state index in [9.17, 15) is 26.4 Å². The maximum atomic E-state index is 12.7. The van der Waals surface area contributed by atoms with Gasteiger partial charge in [0.1, 0.15) is 11.5 Å². The fourth-order valence-corrected chi connectivity index (χ4v) is 4.11. The van der Waals surface area contributed by atoms with Crippen molar-refractivity contribution in [2.75, 3.05) is 18.9 Å². The van der Waals surface area contributed by atoms with Crippen LogP contribution in [0.15, 0.2) is 77.7 Å². The van der Waals surface area contributed by atoms with E-state index in [0.29, 0.717) is 11.4 Å². The topological polar surface area (TPSA) is 84.9 Å². The number of hydrogen-bond donors (Lipinski definition) is 1. The Morgan fingerprint density at radius 2 is 1.59 bits per heavy atom. The molecular formula is C23H21F3N2O5S. The van der Waals surface area contributed by atoms with Gasteiger partial charge in [-0.2, -0.15) is 0 Å². The summed E-state index contributed by atoms with van der Waals surface area (Å²) in [4.78, 5) is 13.9. The summed E-state index contributed by atoms with van der Waals surface area (Å²) in [7, 11) is -0.992. The van der Waals surface area contributed by atoms with Gasteiger partial charge in [0.25, 0.3) is 15.9 Å². The van der Waals surface area contributed by atoms with Gasteiger partial charge in [0.05, 0.1) is 12.0 Å². The van der Waals surface area contributed by atoms with Crippen molar-refractivity contribution < 1.29 is 35.9 Å². The Balaban J connectivity index is 1.71. The molecular weight excluding hydrogens is 473 g/mol. The van der Waals surface area contributed by atoms with E-state index in [1.165, 1.54) is 61.5 Å². The second kappa shape index (κ2) is 10.0. The summed E-state index contributed by atoms with van der Waals surface area (Å²) in [5.41, 5.74) is 0.666. The van der Waals surface area contributed by atoms with Crippen molar-refractivity contribution in [3.8, 4) is 11.5 Å². The molecule has 0 fully saturated rings. The number of sulfonamides is 1. The van der Waals surface area contributed by atoms with Gasteiger partial charge in [0.2, 0.25) is 0 Å². The van der Waals surface area contributed by atoms with Crippen LogP contribution in [0, 0.1) is 0 Å². The van der Waals surface area contributed by atoms with Gasteiger partial charge >= 0.3 is 6.36 Å². The van der Waals surface area contributed by atoms with Crippen LogP contribution in [-0.4, -0.2) is 39.7 Å². The van der Waals surface area contributed by atoms with Crippen molar-refractivity contribution in [3.05, 3.63) is 83.9 Å². The molecule has 0 aliphatic carbocycles. The molecule has 0 aliphatic heterocycles. The zero-order chi connectivity index (χ0) is 24.9. The monoisotopic (exact) mass is 494 g/mol. The minimum Gasteiger partial charge on any atom is -0.497 e. The number of amides is 1. The van der Waals surface area contributed by atoms with Crippen molar-refractivity contribution in [1.82, 2.24) is 4.90 Å². The SMILES string of the molecule is COc1ccc(NS(=O)(=O)c2ccc(C(=O)N(C)Cc3ccccc3OC(F)(F)F)cc2)cc1. The fraction of sp³-hybridized carbons (Fsp3) is 0.174. The Bertz CT molecular complexity index is 1240. The molecule has 3 aromatic carbocycles. The second-order valence-electron chi connectivity index (χ2n) is 7.18. The first-order valence-corrected chi connectivity index (χ1v) is 11.3. The molecule has 0 heterocycles. The summed E-state index contributed by atoms with van der Waals surface area (Å²) in [5, 5.41) is 0. The molecule has 1 N–H and O–H groups in total. The highest BCUT2D eigenvalue weighted by molar-refractivity contribution is 7.92. The number of anilines is 1. The number of para-hydroxylation sites is 1. The van der Waals surface area contributed by atoms with Gasteiger partial charge in [-0.1, -0.05) is 18.2 Å². The molecule has 0 saturated carbocycles. The summed E-state index contributed by atoms with van der Waals surface area (Å²) >= 11 is 0. The standard InChI is InChI=1S/C23H21F3N2O5S/c1-28(15-17-5-3-4-6-21(17)33-23(24,25)26)22(29)16-7-13-20(14-8-16)34(30,31)27-18-9-11-19(32-2)12-10-18/h3-14,27H,15H2,1-2H3. The number of alkyl halides is 3. The predicted molar refractivity (Wildman–Crippen MR) is 119 cm³/mol. The van der Waals surface area contributed by atoms with E-state index in [4.69, 9.17) is 4.74 Å². The van der Waals surface area contributed by atoms with Crippen molar-refractivity contribution in [1.29, 1.82) is 0 Å². The van der Waals surface area contributed by atoms with E-state index in [2.05, 4.69) is 9.46 Å². The molecule has 0 saturated heterocycles. The van der Waals surface area contributed by atoms with Crippen LogP contribution in [0.4, 0.5) is 18.9 Å². The van der Waals surface area contributed by atoms with Gasteiger partial charge in [0.15, 0.2) is 0 Å². The molecule has 1 amide bonds. The number of hydrogen-bond acceptors (Lipinski definition) is 5. The second-order valence-corrected chi connectivity index (χ2v) is 8.86. The Morgan fingerprint density at radius 3 is 2.18 bits per heavy atom. The summed E-state index contributed by atoms with van der Waals surface area (Å²) in [6.07, 6.45) is -4.86. The van der Waals surface area contributed by atoms with Crippen LogP contribution in [0.5, 0.6) is 11.5 Å². The number of nitrogens with zero attached hydrogens (tertiary/aromatic N) is 1. The van der Waals surface area contributed by atoms with Crippen LogP contribution in [0.3, 0.4) is 0 Å². The van der Waals surface area contributed by atoms with E-state index >= 15 is 0 Å². The molecule has 0 aromatic heterocycles. The first-order chi connectivity index (χ1) is 16.0. The molecule has 3 aromatic rings. The highest BCUT2D eigenvalue weighted by atomic mass is 32.2. The van der Waals surface area contributed by atoms with Crippen LogP contribution in [0.25, 0.3) is 0 Å². The molecule has 7 nitrogen and oxygen atoms in total. The Hall–Kier alpha value is -3.73. The molecule has 11 heteroatoms. The molecule has 34 heavy (non-hydrogen) atoms. The number of rotatable bonds is 8. The number of ether oxygens (including phenoxy) is 2. The lowest BCUT2D eigenvalue weighted by atomic mass is 10.1. The summed E-state index contributed by atoms with van der Waals surface area (Å²) in [6, 6.07) is 17.0. The minimum absolute atomic E-state index is 0.0635. The van der Waals surface area contributed by atoms with E-state index in [0.717, 1.165) is 6.07 Å². The van der Waals surface area contributed by atoms with Crippen LogP contribution in [0.2, 0.25) is 0 Å². The van der Waals surface area contributed by atoms with Gasteiger partial charge < -0.3 is 14.4 Å². The molecule has 0 atom stereocenters. The summed E-state index contributed by atoms with van der Waals surface area (Å²) < 4.78 is 74.6. The number of carbonyl (C=O) groups is 1. The van der Waals surface area contributed by atoms with Crippen LogP contribution in [0.1, 0.15) is 15.9 Å². The Morgan fingerprint density at radius 1 is 0.971 bits per heavy atom. The van der Waals surface area contributed by atoms with Crippen LogP contribution in [-0.2, 0) is 16.6 Å². The van der Waals surface area contributed by atoms with Crippen molar-refractivity contribution in [2.45, 2.75) is 17.8 Å². The van der Waals surface area contributed by atoms with Gasteiger partial charge in [0, 0.05) is 30.4 Å². The third kappa shape index (κ3) is 6.41. The molecule has 3 rings (SSSR count). The van der Waals surface area contributed by atoms with Crippen LogP contribution < -0.4 is 14.2 Å². The molecule has 0 spiro atoms. The fourth-order valence-electron chi connectivity index (χ4n) is 3.06. The maximum absolute atomic E-state index is 12.7. The van der Waals surface area contributed by atoms with Gasteiger partial charge in [-0.05, 0) is 54.6 Å². The predicted octanol–water partition coefficient (Wildman–Crippen LogP) is 4.67. The number of nitrogens with one attached hydrogen (secondary N) is 1. The van der Waals surface area contributed by atoms with E-state index in [1.807, 2.05) is 0 Å². The summed E-state index contributed by atoms with van der Waals surface area (Å²) in [5.74, 6) is -0.336. The average molecular weight is 494 g/mol. The lowest BCUT2D eigenvalue weighted by Gasteiger charge is -2.20. The minimum atomic E-state index is -4.86. The Kier molecular flexibility index (Phi) is 7.35. The molecule has 180 valence electrons. The van der Waals surface area contributed by atoms with Crippen molar-refractivity contribution in [2.24, 2.45) is 0 Å². The largest absolute Gasteiger partial charge is 0.573 e. The quantitative estimate of drug-likeness (QED) is 0.492. The van der Waals surface area contributed by atoms with Gasteiger partial charge in [-0.25, -0.2) is 8.42 Å². The van der Waals surface area contributed by atoms with Crippen molar-refractivity contribution in [3.63, 3.8) is 0 Å². The smallest absolute Gasteiger partial charge is 0.497 e. The van der Waals surface area contributed by atoms with Crippen molar-refractivity contribution >= 4 is 21.6 Å². The normalized spacial score (nSPS) is 11.6. The van der Waals surface area contributed by atoms with E-state index < -0.39 is 28.0 Å². The lowest BCUT2D eigenvalue weighted by Crippen LogP contribution is -2.27. The average Bonchev–Trinajstić information content (AvgIpc) is 2.79. The van der Waals surface area contributed by atoms with Gasteiger partial charge in [-0.3, -0.25) is 9.52 Å². The first-order valence-electron chi connectivity index (χ1n) is 9.84. The third-order valence-corrected chi connectivity index (χ3v) is 6.10. The zero-order valence-electron chi connectivity index (χ0n) is 18.2. The Labute approximate surface area is 194 Å². The maximum Gasteiger partial charge on any atom is 0.573 e. The van der Waals surface area contributed by atoms with E-state index in [1.54, 1.807) is 24.3 Å².